The van der Waals surface area contributed by atoms with Crippen molar-refractivity contribution in [2.24, 2.45) is 5.92 Å². The third-order valence-electron chi connectivity index (χ3n) is 5.89. The zero-order chi connectivity index (χ0) is 18.7. The van der Waals surface area contributed by atoms with Crippen LogP contribution in [0.3, 0.4) is 0 Å². The first kappa shape index (κ1) is 19.4. The molecule has 144 valence electrons. The minimum absolute atomic E-state index is 0.0320. The molecule has 0 aromatic heterocycles. The predicted octanol–water partition coefficient (Wildman–Crippen LogP) is 3.56. The lowest BCUT2D eigenvalue weighted by molar-refractivity contribution is 0.0910. The molecular weight excluding hydrogens is 348 g/mol. The van der Waals surface area contributed by atoms with Gasteiger partial charge in [-0.1, -0.05) is 26.2 Å². The highest BCUT2D eigenvalue weighted by atomic mass is 32.2. The maximum absolute atomic E-state index is 12.9. The van der Waals surface area contributed by atoms with Crippen LogP contribution in [0, 0.1) is 5.92 Å². The van der Waals surface area contributed by atoms with E-state index in [2.05, 4.69) is 12.2 Å². The van der Waals surface area contributed by atoms with Crippen LogP contribution in [0.2, 0.25) is 0 Å². The van der Waals surface area contributed by atoms with E-state index in [-0.39, 0.29) is 22.9 Å². The summed E-state index contributed by atoms with van der Waals surface area (Å²) in [6, 6.07) is 6.64. The molecule has 1 N–H and O–H groups in total. The van der Waals surface area contributed by atoms with Crippen molar-refractivity contribution in [3.05, 3.63) is 29.8 Å². The molecule has 26 heavy (non-hydrogen) atoms. The van der Waals surface area contributed by atoms with E-state index in [0.717, 1.165) is 38.5 Å². The molecule has 1 aromatic rings. The van der Waals surface area contributed by atoms with Gasteiger partial charge in [0.25, 0.3) is 5.91 Å². The van der Waals surface area contributed by atoms with E-state index in [1.807, 2.05) is 6.92 Å². The number of nitrogens with one attached hydrogen (secondary N) is 1. The summed E-state index contributed by atoms with van der Waals surface area (Å²) < 4.78 is 27.3. The zero-order valence-electron chi connectivity index (χ0n) is 15.8. The monoisotopic (exact) mass is 378 g/mol. The summed E-state index contributed by atoms with van der Waals surface area (Å²) in [5.74, 6) is 0.381. The molecule has 1 aliphatic heterocycles. The van der Waals surface area contributed by atoms with Gasteiger partial charge in [-0.05, 0) is 62.8 Å². The first-order chi connectivity index (χ1) is 12.4. The summed E-state index contributed by atoms with van der Waals surface area (Å²) in [7, 11) is -3.49. The lowest BCUT2D eigenvalue weighted by Crippen LogP contribution is -2.42. The topological polar surface area (TPSA) is 66.5 Å². The summed E-state index contributed by atoms with van der Waals surface area (Å²) in [5.41, 5.74) is 0.522. The summed E-state index contributed by atoms with van der Waals surface area (Å²) in [6.07, 6.45) is 7.44. The number of piperidine rings is 1. The van der Waals surface area contributed by atoms with E-state index >= 15 is 0 Å². The fourth-order valence-electron chi connectivity index (χ4n) is 4.12. The Labute approximate surface area is 157 Å². The summed E-state index contributed by atoms with van der Waals surface area (Å²) >= 11 is 0. The van der Waals surface area contributed by atoms with Crippen LogP contribution in [0.5, 0.6) is 0 Å². The van der Waals surface area contributed by atoms with Gasteiger partial charge in [-0.3, -0.25) is 4.79 Å². The molecule has 1 heterocycles. The van der Waals surface area contributed by atoms with Gasteiger partial charge in [0.1, 0.15) is 0 Å². The highest BCUT2D eigenvalue weighted by Crippen LogP contribution is 2.26. The van der Waals surface area contributed by atoms with Gasteiger partial charge >= 0.3 is 0 Å². The molecule has 3 rings (SSSR count). The molecule has 2 fully saturated rings. The van der Waals surface area contributed by atoms with Crippen molar-refractivity contribution in [3.63, 3.8) is 0 Å². The van der Waals surface area contributed by atoms with E-state index in [1.54, 1.807) is 28.6 Å². The van der Waals surface area contributed by atoms with Crippen LogP contribution in [0.1, 0.15) is 69.2 Å². The van der Waals surface area contributed by atoms with Crippen molar-refractivity contribution in [1.29, 1.82) is 0 Å². The van der Waals surface area contributed by atoms with E-state index in [4.69, 9.17) is 0 Å². The quantitative estimate of drug-likeness (QED) is 0.871. The maximum atomic E-state index is 12.9. The van der Waals surface area contributed by atoms with Gasteiger partial charge in [0, 0.05) is 24.2 Å². The summed E-state index contributed by atoms with van der Waals surface area (Å²) in [5, 5.41) is 3.11. The SMILES string of the molecule is C[C@@H]1CCCC[C@@H]1NC(=O)c1ccc(S(=O)(=O)N2CCCC[C@@H]2C)cc1. The van der Waals surface area contributed by atoms with Crippen LogP contribution in [-0.4, -0.2) is 37.3 Å². The fraction of sp³-hybridized carbons (Fsp3) is 0.650. The molecule has 2 aliphatic rings. The van der Waals surface area contributed by atoms with Crippen molar-refractivity contribution >= 4 is 15.9 Å². The Hall–Kier alpha value is -1.40. The van der Waals surface area contributed by atoms with Crippen molar-refractivity contribution < 1.29 is 13.2 Å². The third-order valence-corrected chi connectivity index (χ3v) is 7.92. The highest BCUT2D eigenvalue weighted by molar-refractivity contribution is 7.89. The number of carbonyl (C=O) groups is 1. The minimum atomic E-state index is -3.49. The van der Waals surface area contributed by atoms with Gasteiger partial charge in [0.2, 0.25) is 10.0 Å². The Kier molecular flexibility index (Phi) is 6.03. The van der Waals surface area contributed by atoms with E-state index in [9.17, 15) is 13.2 Å². The minimum Gasteiger partial charge on any atom is -0.349 e. The van der Waals surface area contributed by atoms with Gasteiger partial charge in [-0.2, -0.15) is 4.31 Å². The number of nitrogens with zero attached hydrogens (tertiary/aromatic N) is 1. The molecule has 1 aliphatic carbocycles. The molecule has 5 nitrogen and oxygen atoms in total. The Balaban J connectivity index is 1.70. The normalized spacial score (nSPS) is 27.8. The first-order valence-corrected chi connectivity index (χ1v) is 11.3. The number of sulfonamides is 1. The van der Waals surface area contributed by atoms with Crippen LogP contribution in [0.25, 0.3) is 0 Å². The molecule has 1 saturated carbocycles. The van der Waals surface area contributed by atoms with Crippen LogP contribution in [-0.2, 0) is 10.0 Å². The second kappa shape index (κ2) is 8.09. The van der Waals surface area contributed by atoms with Gasteiger partial charge in [0.05, 0.1) is 4.90 Å². The van der Waals surface area contributed by atoms with Crippen LogP contribution < -0.4 is 5.32 Å². The predicted molar refractivity (Wildman–Crippen MR) is 103 cm³/mol. The lowest BCUT2D eigenvalue weighted by atomic mass is 9.86. The highest BCUT2D eigenvalue weighted by Gasteiger charge is 2.31. The molecule has 0 unspecified atom stereocenters. The van der Waals surface area contributed by atoms with Gasteiger partial charge in [-0.15, -0.1) is 0 Å². The summed E-state index contributed by atoms with van der Waals surface area (Å²) in [6.45, 7) is 4.72. The van der Waals surface area contributed by atoms with Crippen molar-refractivity contribution in [2.75, 3.05) is 6.54 Å². The second-order valence-corrected chi connectivity index (χ2v) is 9.72. The standard InChI is InChI=1S/C20H30N2O3S/c1-15-7-3-4-9-19(15)21-20(23)17-10-12-18(13-11-17)26(24,25)22-14-6-5-8-16(22)2/h10-13,15-16,19H,3-9,14H2,1-2H3,(H,21,23)/t15-,16+,19+/m1/s1. The van der Waals surface area contributed by atoms with Crippen molar-refractivity contribution in [1.82, 2.24) is 9.62 Å². The Morgan fingerprint density at radius 3 is 2.31 bits per heavy atom. The summed E-state index contributed by atoms with van der Waals surface area (Å²) in [4.78, 5) is 12.8. The maximum Gasteiger partial charge on any atom is 0.251 e. The van der Waals surface area contributed by atoms with Gasteiger partial charge < -0.3 is 5.32 Å². The van der Waals surface area contributed by atoms with E-state index in [1.165, 1.54) is 6.42 Å². The molecule has 1 aromatic carbocycles. The molecule has 0 radical (unpaired) electrons. The first-order valence-electron chi connectivity index (χ1n) is 9.82. The van der Waals surface area contributed by atoms with Crippen molar-refractivity contribution in [3.8, 4) is 0 Å². The Morgan fingerprint density at radius 1 is 1.00 bits per heavy atom. The molecule has 0 spiro atoms. The fourth-order valence-corrected chi connectivity index (χ4v) is 5.82. The third kappa shape index (κ3) is 4.12. The number of rotatable bonds is 4. The van der Waals surface area contributed by atoms with Gasteiger partial charge in [0.15, 0.2) is 0 Å². The largest absolute Gasteiger partial charge is 0.349 e. The molecule has 0 bridgehead atoms. The molecule has 6 heteroatoms. The molecule has 1 saturated heterocycles. The Bertz CT molecular complexity index is 730. The van der Waals surface area contributed by atoms with Crippen LogP contribution in [0.15, 0.2) is 29.2 Å². The average molecular weight is 379 g/mol. The lowest BCUT2D eigenvalue weighted by Gasteiger charge is -2.32. The smallest absolute Gasteiger partial charge is 0.251 e. The number of carbonyl (C=O) groups excluding carboxylic acids is 1. The molecule has 3 atom stereocenters. The average Bonchev–Trinajstić information content (AvgIpc) is 2.64. The van der Waals surface area contributed by atoms with Crippen LogP contribution >= 0.6 is 0 Å². The van der Waals surface area contributed by atoms with Crippen molar-refractivity contribution in [2.45, 2.75) is 75.8 Å². The molecule has 1 amide bonds. The number of amides is 1. The number of hydrogen-bond donors (Lipinski definition) is 1. The van der Waals surface area contributed by atoms with Gasteiger partial charge in [-0.25, -0.2) is 8.42 Å². The second-order valence-electron chi connectivity index (χ2n) is 7.83. The number of benzene rings is 1. The Morgan fingerprint density at radius 2 is 1.65 bits per heavy atom. The number of hydrogen-bond acceptors (Lipinski definition) is 3. The zero-order valence-corrected chi connectivity index (χ0v) is 16.6. The molecular formula is C20H30N2O3S. The van der Waals surface area contributed by atoms with Crippen LogP contribution in [0.4, 0.5) is 0 Å². The van der Waals surface area contributed by atoms with E-state index < -0.39 is 10.0 Å². The van der Waals surface area contributed by atoms with E-state index in [0.29, 0.717) is 18.0 Å².